The highest BCUT2D eigenvalue weighted by atomic mass is 15.1. The van der Waals surface area contributed by atoms with Crippen molar-refractivity contribution in [3.63, 3.8) is 0 Å². The summed E-state index contributed by atoms with van der Waals surface area (Å²) in [5, 5.41) is 5.03. The van der Waals surface area contributed by atoms with Crippen LogP contribution in [-0.4, -0.2) is 0 Å². The summed E-state index contributed by atoms with van der Waals surface area (Å²) in [7, 11) is 0. The standard InChI is InChI=1S/C41H31N/c1-41(2)38-22-11-10-20-35(38)36-24-23-32(27-39(36)41)42(31-17-12-16-29(25-31)28-13-4-3-5-14-28)40-26-30-15-6-7-18-33(30)34-19-8-9-21-37(34)40/h3-27H,1-2H3. The zero-order valence-corrected chi connectivity index (χ0v) is 23.9. The monoisotopic (exact) mass is 537 g/mol. The van der Waals surface area contributed by atoms with Crippen LogP contribution < -0.4 is 4.90 Å². The number of benzene rings is 7. The van der Waals surface area contributed by atoms with Gasteiger partial charge in [-0.25, -0.2) is 0 Å². The van der Waals surface area contributed by atoms with Crippen molar-refractivity contribution in [1.82, 2.24) is 0 Å². The van der Waals surface area contributed by atoms with E-state index in [9.17, 15) is 0 Å². The minimum Gasteiger partial charge on any atom is -0.310 e. The minimum absolute atomic E-state index is 0.0784. The second-order valence-corrected chi connectivity index (χ2v) is 11.8. The number of hydrogen-bond acceptors (Lipinski definition) is 1. The van der Waals surface area contributed by atoms with E-state index in [1.165, 1.54) is 66.3 Å². The molecule has 0 heterocycles. The third-order valence-electron chi connectivity index (χ3n) is 9.02. The molecule has 0 fully saturated rings. The lowest BCUT2D eigenvalue weighted by Crippen LogP contribution is -2.16. The second kappa shape index (κ2) is 9.46. The molecule has 200 valence electrons. The van der Waals surface area contributed by atoms with Crippen molar-refractivity contribution in [2.24, 2.45) is 0 Å². The van der Waals surface area contributed by atoms with Crippen LogP contribution in [0, 0.1) is 0 Å². The second-order valence-electron chi connectivity index (χ2n) is 11.8. The van der Waals surface area contributed by atoms with Gasteiger partial charge in [-0.1, -0.05) is 135 Å². The molecule has 1 aliphatic rings. The Hall–Kier alpha value is -5.14. The number of fused-ring (bicyclic) bond motifs is 6. The topological polar surface area (TPSA) is 3.24 Å². The molecule has 7 aromatic rings. The largest absolute Gasteiger partial charge is 0.310 e. The molecule has 0 aromatic heterocycles. The first-order valence-corrected chi connectivity index (χ1v) is 14.7. The number of anilines is 3. The maximum absolute atomic E-state index is 2.46. The number of nitrogens with zero attached hydrogens (tertiary/aromatic N) is 1. The molecule has 0 saturated carbocycles. The first-order chi connectivity index (χ1) is 20.6. The smallest absolute Gasteiger partial charge is 0.0546 e. The van der Waals surface area contributed by atoms with E-state index < -0.39 is 0 Å². The predicted molar refractivity (Wildman–Crippen MR) is 179 cm³/mol. The molecule has 0 bridgehead atoms. The first-order valence-electron chi connectivity index (χ1n) is 14.7. The van der Waals surface area contributed by atoms with E-state index in [1.807, 2.05) is 0 Å². The summed E-state index contributed by atoms with van der Waals surface area (Å²) in [4.78, 5) is 2.46. The Balaban J connectivity index is 1.41. The highest BCUT2D eigenvalue weighted by Crippen LogP contribution is 2.51. The molecule has 0 saturated heterocycles. The van der Waals surface area contributed by atoms with Gasteiger partial charge in [-0.15, -0.1) is 0 Å². The molecule has 1 aliphatic carbocycles. The van der Waals surface area contributed by atoms with E-state index in [0.717, 1.165) is 5.69 Å². The van der Waals surface area contributed by atoms with Crippen LogP contribution in [0.5, 0.6) is 0 Å². The fourth-order valence-corrected chi connectivity index (χ4v) is 6.93. The molecule has 0 atom stereocenters. The fraction of sp³-hybridized carbons (Fsp3) is 0.0732. The molecule has 1 heteroatoms. The molecule has 0 radical (unpaired) electrons. The van der Waals surface area contributed by atoms with E-state index in [1.54, 1.807) is 0 Å². The molecule has 0 N–H and O–H groups in total. The van der Waals surface area contributed by atoms with Crippen LogP contribution in [0.3, 0.4) is 0 Å². The van der Waals surface area contributed by atoms with Crippen LogP contribution >= 0.6 is 0 Å². The molecule has 0 amide bonds. The Morgan fingerprint density at radius 1 is 0.429 bits per heavy atom. The van der Waals surface area contributed by atoms with Gasteiger partial charge in [0.25, 0.3) is 0 Å². The van der Waals surface area contributed by atoms with Crippen molar-refractivity contribution in [2.45, 2.75) is 19.3 Å². The molecular formula is C41H31N. The molecule has 0 spiro atoms. The van der Waals surface area contributed by atoms with Crippen molar-refractivity contribution < 1.29 is 0 Å². The summed E-state index contributed by atoms with van der Waals surface area (Å²) in [5.41, 5.74) is 11.3. The quantitative estimate of drug-likeness (QED) is 0.202. The fourth-order valence-electron chi connectivity index (χ4n) is 6.93. The zero-order valence-electron chi connectivity index (χ0n) is 23.9. The third kappa shape index (κ3) is 3.78. The van der Waals surface area contributed by atoms with Gasteiger partial charge < -0.3 is 4.90 Å². The average molecular weight is 538 g/mol. The van der Waals surface area contributed by atoms with Gasteiger partial charge in [-0.2, -0.15) is 0 Å². The lowest BCUT2D eigenvalue weighted by atomic mass is 9.82. The van der Waals surface area contributed by atoms with Crippen molar-refractivity contribution in [3.8, 4) is 22.3 Å². The maximum Gasteiger partial charge on any atom is 0.0546 e. The Kier molecular flexibility index (Phi) is 5.55. The number of rotatable bonds is 4. The summed E-state index contributed by atoms with van der Waals surface area (Å²) in [6, 6.07) is 55.4. The van der Waals surface area contributed by atoms with E-state index in [2.05, 4.69) is 170 Å². The Labute approximate surface area is 247 Å². The van der Waals surface area contributed by atoms with Crippen LogP contribution in [0.15, 0.2) is 152 Å². The summed E-state index contributed by atoms with van der Waals surface area (Å²) >= 11 is 0. The van der Waals surface area contributed by atoms with E-state index in [4.69, 9.17) is 0 Å². The summed E-state index contributed by atoms with van der Waals surface area (Å²) in [5.74, 6) is 0. The van der Waals surface area contributed by atoms with Crippen LogP contribution in [0.1, 0.15) is 25.0 Å². The number of hydrogen-bond donors (Lipinski definition) is 0. The van der Waals surface area contributed by atoms with Gasteiger partial charge in [0.05, 0.1) is 5.69 Å². The SMILES string of the molecule is CC1(C)c2ccccc2-c2ccc(N(c3cccc(-c4ccccc4)c3)c3cc4ccccc4c4ccccc34)cc21. The average Bonchev–Trinajstić information content (AvgIpc) is 3.28. The van der Waals surface area contributed by atoms with Gasteiger partial charge in [0.1, 0.15) is 0 Å². The molecule has 42 heavy (non-hydrogen) atoms. The Morgan fingerprint density at radius 2 is 1.07 bits per heavy atom. The van der Waals surface area contributed by atoms with Crippen LogP contribution in [0.2, 0.25) is 0 Å². The minimum atomic E-state index is -0.0784. The highest BCUT2D eigenvalue weighted by Gasteiger charge is 2.35. The Morgan fingerprint density at radius 3 is 1.93 bits per heavy atom. The van der Waals surface area contributed by atoms with Gasteiger partial charge >= 0.3 is 0 Å². The van der Waals surface area contributed by atoms with Gasteiger partial charge in [-0.05, 0) is 79.9 Å². The summed E-state index contributed by atoms with van der Waals surface area (Å²) in [6.07, 6.45) is 0. The van der Waals surface area contributed by atoms with Crippen molar-refractivity contribution >= 4 is 38.6 Å². The van der Waals surface area contributed by atoms with E-state index >= 15 is 0 Å². The predicted octanol–water partition coefficient (Wildman–Crippen LogP) is 11.4. The van der Waals surface area contributed by atoms with Crippen molar-refractivity contribution in [2.75, 3.05) is 4.90 Å². The first kappa shape index (κ1) is 24.6. The van der Waals surface area contributed by atoms with Gasteiger partial charge in [0.15, 0.2) is 0 Å². The van der Waals surface area contributed by atoms with Crippen LogP contribution in [-0.2, 0) is 5.41 Å². The molecule has 7 aromatic carbocycles. The van der Waals surface area contributed by atoms with Gasteiger partial charge in [-0.3, -0.25) is 0 Å². The van der Waals surface area contributed by atoms with Crippen LogP contribution in [0.4, 0.5) is 17.1 Å². The van der Waals surface area contributed by atoms with Crippen molar-refractivity contribution in [1.29, 1.82) is 0 Å². The summed E-state index contributed by atoms with van der Waals surface area (Å²) in [6.45, 7) is 4.71. The lowest BCUT2D eigenvalue weighted by Gasteiger charge is -2.30. The Bertz CT molecular complexity index is 2120. The molecule has 1 nitrogen and oxygen atoms in total. The van der Waals surface area contributed by atoms with Gasteiger partial charge in [0.2, 0.25) is 0 Å². The van der Waals surface area contributed by atoms with Gasteiger partial charge in [0, 0.05) is 22.2 Å². The summed E-state index contributed by atoms with van der Waals surface area (Å²) < 4.78 is 0. The highest BCUT2D eigenvalue weighted by molar-refractivity contribution is 6.14. The van der Waals surface area contributed by atoms with E-state index in [-0.39, 0.29) is 5.41 Å². The molecule has 8 rings (SSSR count). The maximum atomic E-state index is 2.46. The molecule has 0 unspecified atom stereocenters. The molecular weight excluding hydrogens is 506 g/mol. The zero-order chi connectivity index (χ0) is 28.3. The van der Waals surface area contributed by atoms with E-state index in [0.29, 0.717) is 0 Å². The third-order valence-corrected chi connectivity index (χ3v) is 9.02. The lowest BCUT2D eigenvalue weighted by molar-refractivity contribution is 0.660. The van der Waals surface area contributed by atoms with Crippen molar-refractivity contribution in [3.05, 3.63) is 163 Å². The normalized spacial score (nSPS) is 13.2. The van der Waals surface area contributed by atoms with Crippen LogP contribution in [0.25, 0.3) is 43.8 Å². The molecule has 0 aliphatic heterocycles.